The van der Waals surface area contributed by atoms with Crippen LogP contribution in [0.3, 0.4) is 0 Å². The molecule has 0 spiro atoms. The van der Waals surface area contributed by atoms with Crippen LogP contribution in [0.2, 0.25) is 5.02 Å². The number of nitrogens with one attached hydrogen (secondary N) is 1. The number of amides is 2. The maximum atomic E-state index is 12.2. The average Bonchev–Trinajstić information content (AvgIpc) is 2.67. The number of carbonyl (C=O) groups is 3. The summed E-state index contributed by atoms with van der Waals surface area (Å²) >= 11 is 5.92. The third kappa shape index (κ3) is 6.11. The summed E-state index contributed by atoms with van der Waals surface area (Å²) in [4.78, 5) is 37.5. The van der Waals surface area contributed by atoms with Crippen molar-refractivity contribution in [3.8, 4) is 11.5 Å². The molecule has 0 fully saturated rings. The lowest BCUT2D eigenvalue weighted by Gasteiger charge is -2.17. The number of aromatic hydroxyl groups is 1. The first kappa shape index (κ1) is 22.0. The maximum Gasteiger partial charge on any atom is 0.342 e. The van der Waals surface area contributed by atoms with E-state index in [-0.39, 0.29) is 17.9 Å². The Morgan fingerprint density at radius 3 is 2.59 bits per heavy atom. The van der Waals surface area contributed by atoms with Gasteiger partial charge in [0, 0.05) is 12.1 Å². The van der Waals surface area contributed by atoms with Crippen molar-refractivity contribution in [2.75, 3.05) is 32.6 Å². The van der Waals surface area contributed by atoms with Crippen LogP contribution in [-0.4, -0.2) is 55.1 Å². The second kappa shape index (κ2) is 9.79. The summed E-state index contributed by atoms with van der Waals surface area (Å²) in [7, 11) is 2.85. The molecule has 0 heterocycles. The fourth-order valence-corrected chi connectivity index (χ4v) is 2.57. The summed E-state index contributed by atoms with van der Waals surface area (Å²) in [5.41, 5.74) is 1.09. The smallest absolute Gasteiger partial charge is 0.342 e. The maximum absolute atomic E-state index is 12.2. The zero-order valence-corrected chi connectivity index (χ0v) is 16.9. The van der Waals surface area contributed by atoms with Gasteiger partial charge in [0.2, 0.25) is 5.91 Å². The number of hydrogen-bond donors (Lipinski definition) is 2. The molecule has 154 valence electrons. The van der Waals surface area contributed by atoms with Gasteiger partial charge >= 0.3 is 5.97 Å². The number of carbonyl (C=O) groups excluding carboxylic acids is 3. The van der Waals surface area contributed by atoms with Crippen LogP contribution in [0.4, 0.5) is 5.69 Å². The molecule has 29 heavy (non-hydrogen) atoms. The monoisotopic (exact) mass is 420 g/mol. The molecular weight excluding hydrogens is 400 g/mol. The number of phenolic OH excluding ortho intramolecular Hbond substituents is 1. The SMILES string of the molecule is COc1ccc(Cl)cc1NC(=O)CN(C)C(=O)COC(=O)c1cc(C)ccc1O. The molecule has 0 aliphatic carbocycles. The number of esters is 1. The number of benzene rings is 2. The van der Waals surface area contributed by atoms with E-state index in [4.69, 9.17) is 21.1 Å². The first-order chi connectivity index (χ1) is 13.7. The van der Waals surface area contributed by atoms with E-state index in [0.29, 0.717) is 16.5 Å². The fraction of sp³-hybridized carbons (Fsp3) is 0.250. The first-order valence-electron chi connectivity index (χ1n) is 8.55. The number of rotatable bonds is 7. The summed E-state index contributed by atoms with van der Waals surface area (Å²) in [6, 6.07) is 9.21. The van der Waals surface area contributed by atoms with Crippen LogP contribution in [-0.2, 0) is 14.3 Å². The predicted molar refractivity (Wildman–Crippen MR) is 107 cm³/mol. The third-order valence-corrected chi connectivity index (χ3v) is 4.18. The van der Waals surface area contributed by atoms with Gasteiger partial charge in [-0.2, -0.15) is 0 Å². The van der Waals surface area contributed by atoms with E-state index < -0.39 is 24.4 Å². The molecule has 0 unspecified atom stereocenters. The van der Waals surface area contributed by atoms with Gasteiger partial charge in [0.15, 0.2) is 6.61 Å². The molecule has 0 radical (unpaired) electrons. The molecule has 9 heteroatoms. The number of ether oxygens (including phenoxy) is 2. The Labute approximate surface area is 173 Å². The van der Waals surface area contributed by atoms with Crippen molar-refractivity contribution >= 4 is 35.1 Å². The second-order valence-electron chi connectivity index (χ2n) is 6.24. The highest BCUT2D eigenvalue weighted by Crippen LogP contribution is 2.27. The van der Waals surface area contributed by atoms with Gasteiger partial charge < -0.3 is 24.8 Å². The summed E-state index contributed by atoms with van der Waals surface area (Å²) in [5, 5.41) is 12.8. The van der Waals surface area contributed by atoms with Gasteiger partial charge in [-0.25, -0.2) is 4.79 Å². The van der Waals surface area contributed by atoms with Gasteiger partial charge in [-0.1, -0.05) is 23.2 Å². The minimum absolute atomic E-state index is 0.0359. The highest BCUT2D eigenvalue weighted by Gasteiger charge is 2.18. The highest BCUT2D eigenvalue weighted by atomic mass is 35.5. The van der Waals surface area contributed by atoms with E-state index in [1.807, 2.05) is 0 Å². The second-order valence-corrected chi connectivity index (χ2v) is 6.68. The lowest BCUT2D eigenvalue weighted by molar-refractivity contribution is -0.136. The van der Waals surface area contributed by atoms with Crippen LogP contribution in [0.5, 0.6) is 11.5 Å². The van der Waals surface area contributed by atoms with Crippen molar-refractivity contribution in [3.05, 3.63) is 52.5 Å². The summed E-state index contributed by atoms with van der Waals surface area (Å²) in [6.45, 7) is 0.904. The van der Waals surface area contributed by atoms with Crippen molar-refractivity contribution in [2.45, 2.75) is 6.92 Å². The molecule has 2 aromatic carbocycles. The van der Waals surface area contributed by atoms with Crippen molar-refractivity contribution in [2.24, 2.45) is 0 Å². The Bertz CT molecular complexity index is 931. The molecule has 0 saturated carbocycles. The lowest BCUT2D eigenvalue weighted by Crippen LogP contribution is -2.37. The zero-order chi connectivity index (χ0) is 21.6. The number of nitrogens with zero attached hydrogens (tertiary/aromatic N) is 1. The van der Waals surface area contributed by atoms with E-state index in [2.05, 4.69) is 5.32 Å². The third-order valence-electron chi connectivity index (χ3n) is 3.94. The molecule has 0 saturated heterocycles. The molecule has 0 atom stereocenters. The van der Waals surface area contributed by atoms with E-state index in [1.165, 1.54) is 32.4 Å². The molecule has 2 N–H and O–H groups in total. The molecule has 0 aliphatic rings. The lowest BCUT2D eigenvalue weighted by atomic mass is 10.1. The summed E-state index contributed by atoms with van der Waals surface area (Å²) < 4.78 is 10.1. The molecule has 0 aromatic heterocycles. The fourth-order valence-electron chi connectivity index (χ4n) is 2.40. The number of hydrogen-bond acceptors (Lipinski definition) is 6. The zero-order valence-electron chi connectivity index (χ0n) is 16.2. The Kier molecular flexibility index (Phi) is 7.44. The molecule has 2 aromatic rings. The number of methoxy groups -OCH3 is 1. The molecule has 2 amide bonds. The van der Waals surface area contributed by atoms with Crippen molar-refractivity contribution < 1.29 is 29.0 Å². The number of phenols is 1. The molecule has 0 aliphatic heterocycles. The molecule has 8 nitrogen and oxygen atoms in total. The number of likely N-dealkylation sites (N-methyl/N-ethyl adjacent to an activating group) is 1. The topological polar surface area (TPSA) is 105 Å². The van der Waals surface area contributed by atoms with Crippen molar-refractivity contribution in [1.29, 1.82) is 0 Å². The quantitative estimate of drug-likeness (QED) is 0.667. The predicted octanol–water partition coefficient (Wildman–Crippen LogP) is 2.62. The van der Waals surface area contributed by atoms with E-state index in [0.717, 1.165) is 10.5 Å². The summed E-state index contributed by atoms with van der Waals surface area (Å²) in [6.07, 6.45) is 0. The van der Waals surface area contributed by atoms with Crippen LogP contribution in [0, 0.1) is 6.92 Å². The van der Waals surface area contributed by atoms with E-state index in [1.54, 1.807) is 25.1 Å². The van der Waals surface area contributed by atoms with Crippen LogP contribution >= 0.6 is 11.6 Å². The van der Waals surface area contributed by atoms with Crippen LogP contribution < -0.4 is 10.1 Å². The minimum Gasteiger partial charge on any atom is -0.507 e. The van der Waals surface area contributed by atoms with Crippen molar-refractivity contribution in [3.63, 3.8) is 0 Å². The Balaban J connectivity index is 1.90. The van der Waals surface area contributed by atoms with Gasteiger partial charge in [-0.3, -0.25) is 9.59 Å². The number of anilines is 1. The van der Waals surface area contributed by atoms with Crippen LogP contribution in [0.25, 0.3) is 0 Å². The van der Waals surface area contributed by atoms with Gasteiger partial charge in [-0.15, -0.1) is 0 Å². The standard InChI is InChI=1S/C20H21ClN2O6/c1-12-4-6-16(24)14(8-12)20(27)29-11-19(26)23(2)10-18(25)22-15-9-13(21)5-7-17(15)28-3/h4-9,24H,10-11H2,1-3H3,(H,22,25). The van der Waals surface area contributed by atoms with Gasteiger partial charge in [-0.05, 0) is 37.3 Å². The van der Waals surface area contributed by atoms with Gasteiger partial charge in [0.25, 0.3) is 5.91 Å². The Morgan fingerprint density at radius 1 is 1.17 bits per heavy atom. The van der Waals surface area contributed by atoms with Gasteiger partial charge in [0.1, 0.15) is 17.1 Å². The molecule has 2 rings (SSSR count). The average molecular weight is 421 g/mol. The van der Waals surface area contributed by atoms with Crippen LogP contribution in [0.15, 0.2) is 36.4 Å². The summed E-state index contributed by atoms with van der Waals surface area (Å²) in [5.74, 6) is -1.72. The number of halogens is 1. The van der Waals surface area contributed by atoms with Gasteiger partial charge in [0.05, 0.1) is 19.3 Å². The Morgan fingerprint density at radius 2 is 1.90 bits per heavy atom. The van der Waals surface area contributed by atoms with E-state index in [9.17, 15) is 19.5 Å². The van der Waals surface area contributed by atoms with E-state index >= 15 is 0 Å². The first-order valence-corrected chi connectivity index (χ1v) is 8.93. The normalized spacial score (nSPS) is 10.2. The largest absolute Gasteiger partial charge is 0.507 e. The van der Waals surface area contributed by atoms with Crippen LogP contribution in [0.1, 0.15) is 15.9 Å². The molecule has 0 bridgehead atoms. The minimum atomic E-state index is -0.832. The molecular formula is C20H21ClN2O6. The highest BCUT2D eigenvalue weighted by molar-refractivity contribution is 6.31. The number of aryl methyl sites for hydroxylation is 1. The Hall–Kier alpha value is -3.26. The van der Waals surface area contributed by atoms with Crippen molar-refractivity contribution in [1.82, 2.24) is 4.90 Å².